The summed E-state index contributed by atoms with van der Waals surface area (Å²) in [5, 5.41) is 0. The fourth-order valence-electron chi connectivity index (χ4n) is 2.54. The number of piperidine rings is 1. The molecule has 1 fully saturated rings. The lowest BCUT2D eigenvalue weighted by Gasteiger charge is -2.37. The van der Waals surface area contributed by atoms with Crippen LogP contribution in [0.2, 0.25) is 0 Å². The summed E-state index contributed by atoms with van der Waals surface area (Å²) in [6.45, 7) is 6.14. The maximum Gasteiger partial charge on any atom is 0.176 e. The Morgan fingerprint density at radius 2 is 2.00 bits per heavy atom. The van der Waals surface area contributed by atoms with Crippen LogP contribution < -0.4 is 0 Å². The van der Waals surface area contributed by atoms with Crippen LogP contribution in [0.3, 0.4) is 0 Å². The Hall–Kier alpha value is -1.15. The third kappa shape index (κ3) is 2.95. The van der Waals surface area contributed by atoms with Gasteiger partial charge in [0.25, 0.3) is 0 Å². The predicted octanol–water partition coefficient (Wildman–Crippen LogP) is 2.99. The molecule has 0 unspecified atom stereocenters. The van der Waals surface area contributed by atoms with Crippen molar-refractivity contribution in [3.8, 4) is 0 Å². The van der Waals surface area contributed by atoms with Crippen LogP contribution in [0.25, 0.3) is 0 Å². The van der Waals surface area contributed by atoms with E-state index in [-0.39, 0.29) is 5.78 Å². The predicted molar refractivity (Wildman–Crippen MR) is 70.2 cm³/mol. The van der Waals surface area contributed by atoms with Gasteiger partial charge < -0.3 is 0 Å². The van der Waals surface area contributed by atoms with Gasteiger partial charge in [-0.15, -0.1) is 0 Å². The van der Waals surface area contributed by atoms with Gasteiger partial charge in [0.15, 0.2) is 5.78 Å². The number of carbonyl (C=O) groups excluding carboxylic acids is 1. The van der Waals surface area contributed by atoms with Crippen molar-refractivity contribution in [2.24, 2.45) is 5.92 Å². The molecule has 0 N–H and O–H groups in total. The molecule has 17 heavy (non-hydrogen) atoms. The molecule has 0 aromatic heterocycles. The molecule has 0 bridgehead atoms. The second-order valence-electron chi connectivity index (χ2n) is 5.12. The minimum atomic E-state index is 0.242. The van der Waals surface area contributed by atoms with E-state index in [1.54, 1.807) is 0 Å². The van der Waals surface area contributed by atoms with Crippen LogP contribution in [-0.2, 0) is 0 Å². The maximum atomic E-state index is 12.1. The molecule has 1 aliphatic heterocycles. The number of rotatable bonds is 3. The number of nitrogens with zero attached hydrogens (tertiary/aromatic N) is 1. The van der Waals surface area contributed by atoms with Crippen molar-refractivity contribution in [2.75, 3.05) is 13.1 Å². The van der Waals surface area contributed by atoms with Gasteiger partial charge in [-0.3, -0.25) is 9.69 Å². The summed E-state index contributed by atoms with van der Waals surface area (Å²) in [5.41, 5.74) is 0.831. The van der Waals surface area contributed by atoms with Crippen LogP contribution in [0.15, 0.2) is 30.3 Å². The SMILES string of the molecule is C[C@@H]1CCCN(CC(=O)c2ccccc2)[C@@H]1C. The van der Waals surface area contributed by atoms with Gasteiger partial charge in [-0.1, -0.05) is 37.3 Å². The van der Waals surface area contributed by atoms with Gasteiger partial charge in [0.05, 0.1) is 6.54 Å². The molecule has 2 nitrogen and oxygen atoms in total. The van der Waals surface area contributed by atoms with Crippen molar-refractivity contribution < 1.29 is 4.79 Å². The fraction of sp³-hybridized carbons (Fsp3) is 0.533. The highest BCUT2D eigenvalue weighted by Crippen LogP contribution is 2.22. The molecule has 2 heteroatoms. The Bertz CT molecular complexity index is 374. The average molecular weight is 231 g/mol. The van der Waals surface area contributed by atoms with E-state index < -0.39 is 0 Å². The third-order valence-corrected chi connectivity index (χ3v) is 3.95. The van der Waals surface area contributed by atoms with Crippen LogP contribution in [-0.4, -0.2) is 29.8 Å². The van der Waals surface area contributed by atoms with Crippen molar-refractivity contribution >= 4 is 5.78 Å². The molecule has 1 aliphatic rings. The molecule has 0 aliphatic carbocycles. The number of carbonyl (C=O) groups is 1. The Morgan fingerprint density at radius 1 is 1.29 bits per heavy atom. The molecule has 0 amide bonds. The molecular formula is C15H21NO. The number of hydrogen-bond acceptors (Lipinski definition) is 2. The number of hydrogen-bond donors (Lipinski definition) is 0. The van der Waals surface area contributed by atoms with E-state index in [0.717, 1.165) is 12.1 Å². The number of likely N-dealkylation sites (tertiary alicyclic amines) is 1. The molecule has 92 valence electrons. The van der Waals surface area contributed by atoms with E-state index in [2.05, 4.69) is 18.7 Å². The van der Waals surface area contributed by atoms with Gasteiger partial charge in [0.2, 0.25) is 0 Å². The molecule has 0 saturated carbocycles. The van der Waals surface area contributed by atoms with Crippen LogP contribution in [0.1, 0.15) is 37.0 Å². The van der Waals surface area contributed by atoms with Crippen molar-refractivity contribution in [3.63, 3.8) is 0 Å². The van der Waals surface area contributed by atoms with Gasteiger partial charge in [-0.2, -0.15) is 0 Å². The Kier molecular flexibility index (Phi) is 3.95. The highest BCUT2D eigenvalue weighted by atomic mass is 16.1. The van der Waals surface area contributed by atoms with E-state index in [0.29, 0.717) is 18.5 Å². The highest BCUT2D eigenvalue weighted by Gasteiger charge is 2.26. The quantitative estimate of drug-likeness (QED) is 0.745. The van der Waals surface area contributed by atoms with E-state index >= 15 is 0 Å². The largest absolute Gasteiger partial charge is 0.293 e. The summed E-state index contributed by atoms with van der Waals surface area (Å²) < 4.78 is 0. The maximum absolute atomic E-state index is 12.1. The first-order chi connectivity index (χ1) is 8.18. The number of benzene rings is 1. The van der Waals surface area contributed by atoms with Gasteiger partial charge in [-0.05, 0) is 32.2 Å². The van der Waals surface area contributed by atoms with Gasteiger partial charge in [0, 0.05) is 11.6 Å². The van der Waals surface area contributed by atoms with Crippen LogP contribution in [0, 0.1) is 5.92 Å². The molecule has 2 atom stereocenters. The second-order valence-corrected chi connectivity index (χ2v) is 5.12. The molecule has 2 rings (SSSR count). The Morgan fingerprint density at radius 3 is 2.71 bits per heavy atom. The summed E-state index contributed by atoms with van der Waals surface area (Å²) in [5.74, 6) is 0.943. The molecule has 1 aromatic rings. The summed E-state index contributed by atoms with van der Waals surface area (Å²) in [6.07, 6.45) is 2.50. The average Bonchev–Trinajstić information content (AvgIpc) is 2.36. The van der Waals surface area contributed by atoms with Crippen LogP contribution in [0.4, 0.5) is 0 Å². The van der Waals surface area contributed by atoms with Gasteiger partial charge in [-0.25, -0.2) is 0 Å². The summed E-state index contributed by atoms with van der Waals surface area (Å²) >= 11 is 0. The first kappa shape index (κ1) is 12.3. The normalized spacial score (nSPS) is 25.8. The lowest BCUT2D eigenvalue weighted by molar-refractivity contribution is 0.0779. The van der Waals surface area contributed by atoms with E-state index in [1.165, 1.54) is 12.8 Å². The first-order valence-corrected chi connectivity index (χ1v) is 6.51. The van der Waals surface area contributed by atoms with E-state index in [1.807, 2.05) is 30.3 Å². The van der Waals surface area contributed by atoms with Crippen molar-refractivity contribution in [3.05, 3.63) is 35.9 Å². The monoisotopic (exact) mass is 231 g/mol. The number of ketones is 1. The molecule has 1 saturated heterocycles. The second kappa shape index (κ2) is 5.46. The third-order valence-electron chi connectivity index (χ3n) is 3.95. The van der Waals surface area contributed by atoms with Crippen molar-refractivity contribution in [1.29, 1.82) is 0 Å². The lowest BCUT2D eigenvalue weighted by atomic mass is 9.91. The van der Waals surface area contributed by atoms with E-state index in [4.69, 9.17) is 0 Å². The lowest BCUT2D eigenvalue weighted by Crippen LogP contribution is -2.44. The topological polar surface area (TPSA) is 20.3 Å². The fourth-order valence-corrected chi connectivity index (χ4v) is 2.54. The summed E-state index contributed by atoms with van der Waals surface area (Å²) in [6, 6.07) is 10.1. The van der Waals surface area contributed by atoms with Gasteiger partial charge >= 0.3 is 0 Å². The van der Waals surface area contributed by atoms with Crippen LogP contribution >= 0.6 is 0 Å². The summed E-state index contributed by atoms with van der Waals surface area (Å²) in [4.78, 5) is 14.4. The molecular weight excluding hydrogens is 210 g/mol. The zero-order chi connectivity index (χ0) is 12.3. The Labute approximate surface area is 104 Å². The minimum absolute atomic E-state index is 0.242. The zero-order valence-corrected chi connectivity index (χ0v) is 10.7. The van der Waals surface area contributed by atoms with Crippen LogP contribution in [0.5, 0.6) is 0 Å². The molecule has 1 heterocycles. The standard InChI is InChI=1S/C15H21NO/c1-12-7-6-10-16(13(12)2)11-15(17)14-8-4-3-5-9-14/h3-5,8-9,12-13H,6-7,10-11H2,1-2H3/t12-,13-/m1/s1. The number of Topliss-reactive ketones (excluding diaryl/α,β-unsaturated/α-hetero) is 1. The highest BCUT2D eigenvalue weighted by molar-refractivity contribution is 5.97. The smallest absolute Gasteiger partial charge is 0.176 e. The molecule has 0 radical (unpaired) electrons. The van der Waals surface area contributed by atoms with E-state index in [9.17, 15) is 4.79 Å². The molecule has 0 spiro atoms. The van der Waals surface area contributed by atoms with Crippen molar-refractivity contribution in [1.82, 2.24) is 4.90 Å². The van der Waals surface area contributed by atoms with Gasteiger partial charge in [0.1, 0.15) is 0 Å². The minimum Gasteiger partial charge on any atom is -0.293 e. The first-order valence-electron chi connectivity index (χ1n) is 6.51. The molecule has 1 aromatic carbocycles. The Balaban J connectivity index is 1.99. The van der Waals surface area contributed by atoms with Crippen molar-refractivity contribution in [2.45, 2.75) is 32.7 Å². The summed E-state index contributed by atoms with van der Waals surface area (Å²) in [7, 11) is 0. The zero-order valence-electron chi connectivity index (χ0n) is 10.7.